The molecule has 0 bridgehead atoms. The van der Waals surface area contributed by atoms with Gasteiger partial charge in [-0.05, 0) is 35.9 Å². The lowest BCUT2D eigenvalue weighted by Gasteiger charge is -2.34. The minimum Gasteiger partial charge on any atom is -0.345 e. The smallest absolute Gasteiger partial charge is 0.244 e. The van der Waals surface area contributed by atoms with Crippen LogP contribution in [-0.2, 0) is 16.4 Å². The van der Waals surface area contributed by atoms with E-state index < -0.39 is 21.7 Å². The van der Waals surface area contributed by atoms with E-state index in [1.807, 2.05) is 10.3 Å². The average molecular weight is 504 g/mol. The number of rotatable bonds is 5. The fraction of sp³-hybridized carbons (Fsp3) is 0.250. The third-order valence-corrected chi connectivity index (χ3v) is 8.43. The molecule has 5 nitrogen and oxygen atoms in total. The molecule has 0 unspecified atom stereocenters. The molecule has 1 fully saturated rings. The quantitative estimate of drug-likeness (QED) is 0.500. The Hall–Kier alpha value is -1.78. The van der Waals surface area contributed by atoms with E-state index in [0.717, 1.165) is 11.2 Å². The number of benzene rings is 2. The third-order valence-electron chi connectivity index (χ3n) is 4.87. The summed E-state index contributed by atoms with van der Waals surface area (Å²) in [6.07, 6.45) is 0.312. The second-order valence-corrected chi connectivity index (χ2v) is 10.6. The summed E-state index contributed by atoms with van der Waals surface area (Å²) in [6, 6.07) is 7.77. The molecule has 0 amide bonds. The van der Waals surface area contributed by atoms with Crippen LogP contribution in [0.2, 0.25) is 10.0 Å². The van der Waals surface area contributed by atoms with Crippen LogP contribution in [0.25, 0.3) is 0 Å². The van der Waals surface area contributed by atoms with Crippen molar-refractivity contribution < 1.29 is 17.2 Å². The predicted octanol–water partition coefficient (Wildman–Crippen LogP) is 4.83. The highest BCUT2D eigenvalue weighted by atomic mass is 35.5. The molecule has 2 aromatic carbocycles. The maximum absolute atomic E-state index is 13.4. The molecule has 0 spiro atoms. The summed E-state index contributed by atoms with van der Waals surface area (Å²) in [5, 5.41) is 3.01. The van der Waals surface area contributed by atoms with Crippen LogP contribution in [0.3, 0.4) is 0 Å². The zero-order valence-electron chi connectivity index (χ0n) is 16.1. The molecule has 0 radical (unpaired) electrons. The van der Waals surface area contributed by atoms with Gasteiger partial charge < -0.3 is 4.90 Å². The minimum absolute atomic E-state index is 0.00558. The molecule has 1 aromatic heterocycles. The number of halogens is 4. The zero-order chi connectivity index (χ0) is 22.2. The number of hydrogen-bond donors (Lipinski definition) is 0. The highest BCUT2D eigenvalue weighted by Gasteiger charge is 2.31. The van der Waals surface area contributed by atoms with Crippen molar-refractivity contribution in [1.82, 2.24) is 9.29 Å². The standard InChI is InChI=1S/C20H17Cl2F2N3O2S2/c21-14-1-2-18(22)19(10-14)31(28,29)27-5-3-26(4-6-27)20-25-17(12-30-20)9-13-7-15(23)11-16(24)8-13/h1-2,7-8,10-12H,3-6,9H2. The van der Waals surface area contributed by atoms with Crippen molar-refractivity contribution in [2.75, 3.05) is 31.1 Å². The second kappa shape index (κ2) is 8.99. The Morgan fingerprint density at radius 3 is 2.35 bits per heavy atom. The number of aromatic nitrogens is 1. The van der Waals surface area contributed by atoms with Gasteiger partial charge in [-0.1, -0.05) is 23.2 Å². The Morgan fingerprint density at radius 2 is 1.68 bits per heavy atom. The van der Waals surface area contributed by atoms with Crippen molar-refractivity contribution in [1.29, 1.82) is 0 Å². The molecule has 3 aromatic rings. The average Bonchev–Trinajstić information content (AvgIpc) is 3.17. The first-order valence-electron chi connectivity index (χ1n) is 9.32. The molecule has 1 aliphatic rings. The van der Waals surface area contributed by atoms with Gasteiger partial charge in [0.05, 0.1) is 10.7 Å². The molecule has 0 atom stereocenters. The molecular weight excluding hydrogens is 487 g/mol. The highest BCUT2D eigenvalue weighted by Crippen LogP contribution is 2.30. The largest absolute Gasteiger partial charge is 0.345 e. The van der Waals surface area contributed by atoms with Crippen molar-refractivity contribution in [2.24, 2.45) is 0 Å². The first kappa shape index (κ1) is 22.4. The fourth-order valence-electron chi connectivity index (χ4n) is 3.38. The van der Waals surface area contributed by atoms with Crippen molar-refractivity contribution >= 4 is 49.7 Å². The number of thiazole rings is 1. The van der Waals surface area contributed by atoms with Gasteiger partial charge in [0.1, 0.15) is 16.5 Å². The molecule has 11 heteroatoms. The van der Waals surface area contributed by atoms with Gasteiger partial charge in [-0.3, -0.25) is 0 Å². The predicted molar refractivity (Wildman–Crippen MR) is 119 cm³/mol. The summed E-state index contributed by atoms with van der Waals surface area (Å²) in [5.41, 5.74) is 1.20. The van der Waals surface area contributed by atoms with E-state index in [-0.39, 0.29) is 23.0 Å². The lowest BCUT2D eigenvalue weighted by molar-refractivity contribution is 0.384. The SMILES string of the molecule is O=S(=O)(c1cc(Cl)ccc1Cl)N1CCN(c2nc(Cc3cc(F)cc(F)c3)cs2)CC1. The topological polar surface area (TPSA) is 53.5 Å². The first-order chi connectivity index (χ1) is 14.7. The molecule has 4 rings (SSSR count). The van der Waals surface area contributed by atoms with E-state index >= 15 is 0 Å². The first-order valence-corrected chi connectivity index (χ1v) is 12.4. The van der Waals surface area contributed by atoms with Gasteiger partial charge in [0, 0.05) is 49.1 Å². The van der Waals surface area contributed by atoms with Crippen LogP contribution >= 0.6 is 34.5 Å². The Bertz CT molecular complexity index is 1190. The van der Waals surface area contributed by atoms with Gasteiger partial charge in [0.15, 0.2) is 5.13 Å². The van der Waals surface area contributed by atoms with Gasteiger partial charge in [-0.15, -0.1) is 11.3 Å². The maximum atomic E-state index is 13.4. The summed E-state index contributed by atoms with van der Waals surface area (Å²) < 4.78 is 54.1. The van der Waals surface area contributed by atoms with E-state index in [9.17, 15) is 17.2 Å². The van der Waals surface area contributed by atoms with Crippen LogP contribution < -0.4 is 4.90 Å². The van der Waals surface area contributed by atoms with E-state index in [2.05, 4.69) is 4.98 Å². The van der Waals surface area contributed by atoms with Crippen molar-refractivity contribution in [3.63, 3.8) is 0 Å². The van der Waals surface area contributed by atoms with Gasteiger partial charge in [0.25, 0.3) is 0 Å². The van der Waals surface area contributed by atoms with Crippen LogP contribution in [0.5, 0.6) is 0 Å². The van der Waals surface area contributed by atoms with E-state index in [4.69, 9.17) is 23.2 Å². The lowest BCUT2D eigenvalue weighted by atomic mass is 10.1. The van der Waals surface area contributed by atoms with Gasteiger partial charge in [-0.25, -0.2) is 22.2 Å². The molecule has 0 aliphatic carbocycles. The number of piperazine rings is 1. The van der Waals surface area contributed by atoms with Crippen LogP contribution in [0.4, 0.5) is 13.9 Å². The third kappa shape index (κ3) is 5.01. The Labute approximate surface area is 192 Å². The lowest BCUT2D eigenvalue weighted by Crippen LogP contribution is -2.48. The van der Waals surface area contributed by atoms with Crippen LogP contribution in [0, 0.1) is 11.6 Å². The van der Waals surface area contributed by atoms with Gasteiger partial charge in [-0.2, -0.15) is 4.31 Å². The monoisotopic (exact) mass is 503 g/mol. The fourth-order valence-corrected chi connectivity index (χ4v) is 6.42. The molecule has 1 aliphatic heterocycles. The van der Waals surface area contributed by atoms with Crippen LogP contribution in [-0.4, -0.2) is 43.9 Å². The number of nitrogens with zero attached hydrogens (tertiary/aromatic N) is 3. The Balaban J connectivity index is 1.43. The van der Waals surface area contributed by atoms with Gasteiger partial charge >= 0.3 is 0 Å². The van der Waals surface area contributed by atoms with Crippen LogP contribution in [0.1, 0.15) is 11.3 Å². The van der Waals surface area contributed by atoms with Gasteiger partial charge in [0.2, 0.25) is 10.0 Å². The summed E-state index contributed by atoms with van der Waals surface area (Å²) in [6.45, 7) is 1.46. The van der Waals surface area contributed by atoms with Crippen molar-refractivity contribution in [2.45, 2.75) is 11.3 Å². The van der Waals surface area contributed by atoms with E-state index in [1.54, 1.807) is 6.07 Å². The molecular formula is C20H17Cl2F2N3O2S2. The number of sulfonamides is 1. The summed E-state index contributed by atoms with van der Waals surface area (Å²) in [4.78, 5) is 6.54. The second-order valence-electron chi connectivity index (χ2n) is 7.04. The molecule has 0 N–H and O–H groups in total. The minimum atomic E-state index is -3.76. The van der Waals surface area contributed by atoms with Crippen molar-refractivity contribution in [3.8, 4) is 0 Å². The maximum Gasteiger partial charge on any atom is 0.244 e. The Morgan fingerprint density at radius 1 is 1.00 bits per heavy atom. The number of anilines is 1. The van der Waals surface area contributed by atoms with Crippen LogP contribution in [0.15, 0.2) is 46.7 Å². The molecule has 0 saturated carbocycles. The summed E-state index contributed by atoms with van der Waals surface area (Å²) in [5.74, 6) is -1.25. The molecule has 31 heavy (non-hydrogen) atoms. The van der Waals surface area contributed by atoms with E-state index in [1.165, 1.54) is 39.9 Å². The zero-order valence-corrected chi connectivity index (χ0v) is 19.2. The normalized spacial score (nSPS) is 15.4. The van der Waals surface area contributed by atoms with Crippen molar-refractivity contribution in [3.05, 3.63) is 74.7 Å². The summed E-state index contributed by atoms with van der Waals surface area (Å²) >= 11 is 13.4. The molecule has 164 valence electrons. The number of hydrogen-bond acceptors (Lipinski definition) is 5. The molecule has 1 saturated heterocycles. The summed E-state index contributed by atoms with van der Waals surface area (Å²) in [7, 11) is -3.76. The molecule has 2 heterocycles. The highest BCUT2D eigenvalue weighted by molar-refractivity contribution is 7.89. The van der Waals surface area contributed by atoms with E-state index in [0.29, 0.717) is 35.8 Å². The Kier molecular flexibility index (Phi) is 6.50.